The molecule has 2 aliphatic rings. The summed E-state index contributed by atoms with van der Waals surface area (Å²) >= 11 is 0. The van der Waals surface area contributed by atoms with Crippen LogP contribution in [0.2, 0.25) is 0 Å². The van der Waals surface area contributed by atoms with Crippen LogP contribution in [-0.4, -0.2) is 37.1 Å². The largest absolute Gasteiger partial charge is 0.370 e. The molecule has 0 saturated heterocycles. The van der Waals surface area contributed by atoms with Gasteiger partial charge in [-0.25, -0.2) is 0 Å². The number of hydrogen-bond donors (Lipinski definition) is 0. The molecular formula is C17H21NO2. The van der Waals surface area contributed by atoms with Gasteiger partial charge in [-0.15, -0.1) is 0 Å². The lowest BCUT2D eigenvalue weighted by Gasteiger charge is -2.36. The van der Waals surface area contributed by atoms with E-state index in [0.717, 1.165) is 12.8 Å². The molecule has 106 valence electrons. The number of hydrogen-bond acceptors (Lipinski definition) is 2. The van der Waals surface area contributed by atoms with E-state index in [-0.39, 0.29) is 5.91 Å². The smallest absolute Gasteiger partial charge is 0.225 e. The molecule has 0 saturated carbocycles. The van der Waals surface area contributed by atoms with Gasteiger partial charge in [-0.1, -0.05) is 29.8 Å². The Morgan fingerprint density at radius 3 is 2.85 bits per heavy atom. The van der Waals surface area contributed by atoms with Crippen LogP contribution in [0.4, 0.5) is 0 Å². The molecule has 20 heavy (non-hydrogen) atoms. The summed E-state index contributed by atoms with van der Waals surface area (Å²) in [4.78, 5) is 13.8. The number of carbonyl (C=O) groups is 1. The lowest BCUT2D eigenvalue weighted by molar-refractivity contribution is -0.133. The van der Waals surface area contributed by atoms with Crippen LogP contribution in [0.25, 0.3) is 5.57 Å². The SMILES string of the molecule is CN(C)C(=O)CC1(C)OCCC2=C1c1ccccc1C2. The van der Waals surface area contributed by atoms with E-state index in [9.17, 15) is 4.79 Å². The lowest BCUT2D eigenvalue weighted by Crippen LogP contribution is -2.39. The van der Waals surface area contributed by atoms with Crippen LogP contribution >= 0.6 is 0 Å². The van der Waals surface area contributed by atoms with Crippen molar-refractivity contribution in [1.29, 1.82) is 0 Å². The molecule has 1 atom stereocenters. The molecule has 0 aromatic heterocycles. The normalized spacial score (nSPS) is 24.4. The van der Waals surface area contributed by atoms with Crippen LogP contribution in [0.5, 0.6) is 0 Å². The molecule has 1 aliphatic heterocycles. The highest BCUT2D eigenvalue weighted by molar-refractivity contribution is 5.87. The Balaban J connectivity index is 2.00. The predicted molar refractivity (Wildman–Crippen MR) is 79.4 cm³/mol. The quantitative estimate of drug-likeness (QED) is 0.827. The van der Waals surface area contributed by atoms with E-state index in [0.29, 0.717) is 13.0 Å². The van der Waals surface area contributed by atoms with Gasteiger partial charge in [0.05, 0.1) is 18.6 Å². The van der Waals surface area contributed by atoms with Gasteiger partial charge in [0.15, 0.2) is 0 Å². The Morgan fingerprint density at radius 1 is 1.35 bits per heavy atom. The van der Waals surface area contributed by atoms with Crippen molar-refractivity contribution in [2.24, 2.45) is 0 Å². The molecular weight excluding hydrogens is 250 g/mol. The van der Waals surface area contributed by atoms with Crippen molar-refractivity contribution in [2.75, 3.05) is 20.7 Å². The third kappa shape index (κ3) is 2.06. The first-order chi connectivity index (χ1) is 9.51. The van der Waals surface area contributed by atoms with Crippen LogP contribution in [-0.2, 0) is 16.0 Å². The van der Waals surface area contributed by atoms with E-state index in [1.165, 1.54) is 22.3 Å². The number of nitrogens with zero attached hydrogens (tertiary/aromatic N) is 1. The maximum atomic E-state index is 12.1. The maximum absolute atomic E-state index is 12.1. The minimum absolute atomic E-state index is 0.116. The molecule has 3 rings (SSSR count). The second-order valence-electron chi connectivity index (χ2n) is 6.11. The van der Waals surface area contributed by atoms with Crippen LogP contribution in [0.15, 0.2) is 29.8 Å². The fourth-order valence-corrected chi connectivity index (χ4v) is 3.36. The highest BCUT2D eigenvalue weighted by Gasteiger charge is 2.41. The van der Waals surface area contributed by atoms with Crippen LogP contribution in [0, 0.1) is 0 Å². The number of carbonyl (C=O) groups excluding carboxylic acids is 1. The Kier molecular flexibility index (Phi) is 3.17. The number of ether oxygens (including phenoxy) is 1. The van der Waals surface area contributed by atoms with E-state index in [4.69, 9.17) is 4.74 Å². The van der Waals surface area contributed by atoms with Crippen molar-refractivity contribution in [2.45, 2.75) is 31.8 Å². The van der Waals surface area contributed by atoms with E-state index in [1.54, 1.807) is 19.0 Å². The van der Waals surface area contributed by atoms with Gasteiger partial charge < -0.3 is 9.64 Å². The summed E-state index contributed by atoms with van der Waals surface area (Å²) in [5.74, 6) is 0.116. The van der Waals surface area contributed by atoms with E-state index in [2.05, 4.69) is 31.2 Å². The van der Waals surface area contributed by atoms with Gasteiger partial charge in [0.25, 0.3) is 0 Å². The Morgan fingerprint density at radius 2 is 2.10 bits per heavy atom. The van der Waals surface area contributed by atoms with Crippen molar-refractivity contribution < 1.29 is 9.53 Å². The zero-order valence-corrected chi connectivity index (χ0v) is 12.4. The molecule has 0 fully saturated rings. The second-order valence-corrected chi connectivity index (χ2v) is 6.11. The van der Waals surface area contributed by atoms with Gasteiger partial charge in [0.1, 0.15) is 0 Å². The van der Waals surface area contributed by atoms with E-state index in [1.807, 2.05) is 0 Å². The predicted octanol–water partition coefficient (Wildman–Crippen LogP) is 2.65. The van der Waals surface area contributed by atoms with Gasteiger partial charge in [-0.2, -0.15) is 0 Å². The summed E-state index contributed by atoms with van der Waals surface area (Å²) in [6.07, 6.45) is 2.41. The van der Waals surface area contributed by atoms with Crippen molar-refractivity contribution in [3.63, 3.8) is 0 Å². The molecule has 1 heterocycles. The van der Waals surface area contributed by atoms with Crippen LogP contribution in [0.3, 0.4) is 0 Å². The Bertz CT molecular complexity index is 588. The first kappa shape index (κ1) is 13.4. The summed E-state index contributed by atoms with van der Waals surface area (Å²) < 4.78 is 6.05. The number of fused-ring (bicyclic) bond motifs is 2. The fraction of sp³-hybridized carbons (Fsp3) is 0.471. The highest BCUT2D eigenvalue weighted by atomic mass is 16.5. The molecule has 3 nitrogen and oxygen atoms in total. The molecule has 1 amide bonds. The number of rotatable bonds is 2. The van der Waals surface area contributed by atoms with Crippen molar-refractivity contribution >= 4 is 11.5 Å². The molecule has 0 bridgehead atoms. The number of benzene rings is 1. The Hall–Kier alpha value is -1.61. The minimum atomic E-state index is -0.485. The summed E-state index contributed by atoms with van der Waals surface area (Å²) in [7, 11) is 3.60. The summed E-state index contributed by atoms with van der Waals surface area (Å²) in [5.41, 5.74) is 4.87. The van der Waals surface area contributed by atoms with Crippen LogP contribution < -0.4 is 0 Å². The van der Waals surface area contributed by atoms with E-state index >= 15 is 0 Å². The topological polar surface area (TPSA) is 29.5 Å². The highest BCUT2D eigenvalue weighted by Crippen LogP contribution is 2.46. The molecule has 1 aromatic rings. The molecule has 0 radical (unpaired) electrons. The molecule has 1 aromatic carbocycles. The average molecular weight is 271 g/mol. The van der Waals surface area contributed by atoms with Gasteiger partial charge in [-0.3, -0.25) is 4.79 Å². The van der Waals surface area contributed by atoms with Crippen molar-refractivity contribution in [1.82, 2.24) is 4.90 Å². The second kappa shape index (κ2) is 4.74. The third-order valence-corrected chi connectivity index (χ3v) is 4.38. The zero-order chi connectivity index (χ0) is 14.3. The summed E-state index contributed by atoms with van der Waals surface area (Å²) in [6, 6.07) is 8.49. The fourth-order valence-electron chi connectivity index (χ4n) is 3.36. The maximum Gasteiger partial charge on any atom is 0.225 e. The number of amides is 1. The third-order valence-electron chi connectivity index (χ3n) is 4.38. The monoisotopic (exact) mass is 271 g/mol. The molecule has 3 heteroatoms. The summed E-state index contributed by atoms with van der Waals surface area (Å²) in [6.45, 7) is 2.77. The average Bonchev–Trinajstić information content (AvgIpc) is 2.78. The summed E-state index contributed by atoms with van der Waals surface area (Å²) in [5, 5.41) is 0. The molecule has 0 N–H and O–H groups in total. The van der Waals surface area contributed by atoms with Crippen LogP contribution in [0.1, 0.15) is 30.9 Å². The van der Waals surface area contributed by atoms with Gasteiger partial charge in [-0.05, 0) is 36.5 Å². The van der Waals surface area contributed by atoms with Crippen molar-refractivity contribution in [3.8, 4) is 0 Å². The molecule has 1 aliphatic carbocycles. The van der Waals surface area contributed by atoms with Gasteiger partial charge in [0, 0.05) is 14.1 Å². The van der Waals surface area contributed by atoms with Crippen molar-refractivity contribution in [3.05, 3.63) is 41.0 Å². The van der Waals surface area contributed by atoms with Gasteiger partial charge >= 0.3 is 0 Å². The first-order valence-electron chi connectivity index (χ1n) is 7.16. The van der Waals surface area contributed by atoms with E-state index < -0.39 is 5.60 Å². The molecule has 1 unspecified atom stereocenters. The zero-order valence-electron chi connectivity index (χ0n) is 12.4. The minimum Gasteiger partial charge on any atom is -0.370 e. The first-order valence-corrected chi connectivity index (χ1v) is 7.16. The standard InChI is InChI=1S/C17H21NO2/c1-17(11-15(19)18(2)3)16-13(8-9-20-17)10-12-6-4-5-7-14(12)16/h4-7H,8-11H2,1-3H3. The Labute approximate surface area is 120 Å². The molecule has 0 spiro atoms. The lowest BCUT2D eigenvalue weighted by atomic mass is 9.83. The van der Waals surface area contributed by atoms with Gasteiger partial charge in [0.2, 0.25) is 5.91 Å².